The minimum Gasteiger partial charge on any atom is -0.392 e. The Kier molecular flexibility index (Phi) is 4.25. The Morgan fingerprint density at radius 1 is 1.48 bits per heavy atom. The fraction of sp³-hybridized carbons (Fsp3) is 0.579. The highest BCUT2D eigenvalue weighted by atomic mass is 16.5. The molecule has 2 aromatic heterocycles. The lowest BCUT2D eigenvalue weighted by molar-refractivity contribution is -0.210. The maximum atomic E-state index is 12.7. The van der Waals surface area contributed by atoms with Crippen molar-refractivity contribution in [3.8, 4) is 0 Å². The second-order valence-electron chi connectivity index (χ2n) is 7.20. The summed E-state index contributed by atoms with van der Waals surface area (Å²) >= 11 is 0. The van der Waals surface area contributed by atoms with Crippen molar-refractivity contribution in [2.45, 2.75) is 44.8 Å². The molecular formula is C19H25N3O3. The van der Waals surface area contributed by atoms with Crippen LogP contribution in [0.15, 0.2) is 24.5 Å². The first-order chi connectivity index (χ1) is 12.1. The lowest BCUT2D eigenvalue weighted by Crippen LogP contribution is -2.62. The van der Waals surface area contributed by atoms with E-state index in [0.717, 1.165) is 35.9 Å². The number of nitrogens with one attached hydrogen (secondary N) is 1. The first kappa shape index (κ1) is 16.5. The fourth-order valence-electron chi connectivity index (χ4n) is 4.42. The van der Waals surface area contributed by atoms with E-state index in [9.17, 15) is 9.90 Å². The van der Waals surface area contributed by atoms with Gasteiger partial charge >= 0.3 is 0 Å². The van der Waals surface area contributed by atoms with Gasteiger partial charge in [0.1, 0.15) is 5.65 Å². The third-order valence-corrected chi connectivity index (χ3v) is 6.04. The van der Waals surface area contributed by atoms with E-state index in [1.807, 2.05) is 30.2 Å². The number of carbonyl (C=O) groups excluding carboxylic acids is 1. The Labute approximate surface area is 147 Å². The zero-order chi connectivity index (χ0) is 17.4. The van der Waals surface area contributed by atoms with E-state index in [4.69, 9.17) is 4.74 Å². The third kappa shape index (κ3) is 2.73. The van der Waals surface area contributed by atoms with Gasteiger partial charge in [-0.2, -0.15) is 0 Å². The average Bonchev–Trinajstić information content (AvgIpc) is 3.05. The molecule has 1 saturated carbocycles. The van der Waals surface area contributed by atoms with Crippen LogP contribution in [0.2, 0.25) is 0 Å². The molecule has 134 valence electrons. The van der Waals surface area contributed by atoms with Crippen molar-refractivity contribution in [3.63, 3.8) is 0 Å². The van der Waals surface area contributed by atoms with Crippen molar-refractivity contribution in [1.82, 2.24) is 14.9 Å². The molecule has 6 nitrogen and oxygen atoms in total. The number of nitrogens with zero attached hydrogens (tertiary/aromatic N) is 2. The molecule has 0 bridgehead atoms. The minimum atomic E-state index is -0.291. The van der Waals surface area contributed by atoms with Gasteiger partial charge in [0.25, 0.3) is 0 Å². The van der Waals surface area contributed by atoms with Gasteiger partial charge in [0.2, 0.25) is 5.91 Å². The lowest BCUT2D eigenvalue weighted by atomic mass is 9.58. The van der Waals surface area contributed by atoms with Crippen molar-refractivity contribution in [3.05, 3.63) is 30.1 Å². The average molecular weight is 343 g/mol. The van der Waals surface area contributed by atoms with Crippen LogP contribution in [0.5, 0.6) is 0 Å². The summed E-state index contributed by atoms with van der Waals surface area (Å²) in [5, 5.41) is 11.3. The molecule has 1 aliphatic carbocycles. The van der Waals surface area contributed by atoms with E-state index in [-0.39, 0.29) is 23.5 Å². The number of H-pyrrole nitrogens is 1. The molecule has 2 fully saturated rings. The minimum absolute atomic E-state index is 0.140. The number of aliphatic hydroxyl groups excluding tert-OH is 1. The number of aromatic nitrogens is 2. The molecule has 0 aromatic carbocycles. The number of carbonyl (C=O) groups is 1. The number of amides is 1. The lowest BCUT2D eigenvalue weighted by Gasteiger charge is -2.56. The van der Waals surface area contributed by atoms with Crippen LogP contribution in [0.25, 0.3) is 11.0 Å². The summed E-state index contributed by atoms with van der Waals surface area (Å²) in [5.41, 5.74) is 1.67. The van der Waals surface area contributed by atoms with Crippen LogP contribution in [0, 0.1) is 5.41 Å². The highest BCUT2D eigenvalue weighted by molar-refractivity contribution is 5.87. The predicted molar refractivity (Wildman–Crippen MR) is 94.1 cm³/mol. The zero-order valence-electron chi connectivity index (χ0n) is 14.6. The molecule has 1 aliphatic heterocycles. The topological polar surface area (TPSA) is 78.5 Å². The quantitative estimate of drug-likeness (QED) is 0.888. The predicted octanol–water partition coefficient (Wildman–Crippen LogP) is 1.88. The molecule has 2 atom stereocenters. The number of aliphatic hydroxyl groups is 1. The number of pyridine rings is 1. The number of piperidine rings is 1. The van der Waals surface area contributed by atoms with Gasteiger partial charge in [0, 0.05) is 49.3 Å². The summed E-state index contributed by atoms with van der Waals surface area (Å²) in [6.45, 7) is 4.06. The van der Waals surface area contributed by atoms with Crippen LogP contribution in [-0.4, -0.2) is 57.8 Å². The third-order valence-electron chi connectivity index (χ3n) is 6.04. The summed E-state index contributed by atoms with van der Waals surface area (Å²) in [4.78, 5) is 22.0. The molecule has 1 amide bonds. The molecule has 4 rings (SSSR count). The standard InChI is InChI=1S/C19H25N3O3/c1-2-25-16-11-15(23)19(16)5-8-22(9-6-19)17(24)10-13-12-21-18-14(13)4-3-7-20-18/h3-4,7,12,15-16,23H,2,5-6,8-11H2,1H3,(H,20,21)/t15-,16-/m0/s1. The number of aromatic amines is 1. The first-order valence-corrected chi connectivity index (χ1v) is 9.12. The normalized spacial score (nSPS) is 25.3. The van der Waals surface area contributed by atoms with Crippen molar-refractivity contribution in [2.24, 2.45) is 5.41 Å². The monoisotopic (exact) mass is 343 g/mol. The zero-order valence-corrected chi connectivity index (χ0v) is 14.6. The number of rotatable bonds is 4. The number of hydrogen-bond acceptors (Lipinski definition) is 4. The van der Waals surface area contributed by atoms with E-state index in [1.165, 1.54) is 0 Å². The van der Waals surface area contributed by atoms with Crippen molar-refractivity contribution < 1.29 is 14.6 Å². The van der Waals surface area contributed by atoms with Gasteiger partial charge in [-0.05, 0) is 37.5 Å². The Hall–Kier alpha value is -1.92. The number of fused-ring (bicyclic) bond motifs is 1. The Balaban J connectivity index is 1.40. The van der Waals surface area contributed by atoms with Crippen LogP contribution in [0.1, 0.15) is 31.7 Å². The summed E-state index contributed by atoms with van der Waals surface area (Å²) in [7, 11) is 0. The maximum Gasteiger partial charge on any atom is 0.227 e. The largest absolute Gasteiger partial charge is 0.392 e. The van der Waals surface area contributed by atoms with Gasteiger partial charge in [-0.3, -0.25) is 4.79 Å². The first-order valence-electron chi connectivity index (χ1n) is 9.12. The molecule has 1 spiro atoms. The van der Waals surface area contributed by atoms with E-state index < -0.39 is 0 Å². The van der Waals surface area contributed by atoms with Gasteiger partial charge in [-0.1, -0.05) is 0 Å². The molecule has 6 heteroatoms. The van der Waals surface area contributed by atoms with Crippen LogP contribution in [-0.2, 0) is 16.0 Å². The molecule has 25 heavy (non-hydrogen) atoms. The smallest absolute Gasteiger partial charge is 0.227 e. The van der Waals surface area contributed by atoms with E-state index in [0.29, 0.717) is 26.1 Å². The summed E-state index contributed by atoms with van der Waals surface area (Å²) < 4.78 is 5.80. The van der Waals surface area contributed by atoms with Crippen molar-refractivity contribution >= 4 is 16.9 Å². The van der Waals surface area contributed by atoms with E-state index >= 15 is 0 Å². The second-order valence-corrected chi connectivity index (χ2v) is 7.20. The highest BCUT2D eigenvalue weighted by Gasteiger charge is 2.56. The van der Waals surface area contributed by atoms with E-state index in [1.54, 1.807) is 6.20 Å². The Morgan fingerprint density at radius 3 is 3.00 bits per heavy atom. The number of likely N-dealkylation sites (tertiary alicyclic amines) is 1. The summed E-state index contributed by atoms with van der Waals surface area (Å²) in [5.74, 6) is 0.140. The van der Waals surface area contributed by atoms with Crippen molar-refractivity contribution in [2.75, 3.05) is 19.7 Å². The molecule has 1 saturated heterocycles. The summed E-state index contributed by atoms with van der Waals surface area (Å²) in [6, 6.07) is 3.88. The molecule has 2 aromatic rings. The van der Waals surface area contributed by atoms with Crippen LogP contribution < -0.4 is 0 Å². The maximum absolute atomic E-state index is 12.7. The van der Waals surface area contributed by atoms with Crippen LogP contribution >= 0.6 is 0 Å². The second kappa shape index (κ2) is 6.42. The SMILES string of the molecule is CCO[C@H]1C[C@H](O)C12CCN(C(=O)Cc1c[nH]c3ncccc13)CC2. The Bertz CT molecular complexity index is 762. The highest BCUT2D eigenvalue weighted by Crippen LogP contribution is 2.50. The van der Waals surface area contributed by atoms with Gasteiger partial charge in [-0.25, -0.2) is 4.98 Å². The molecule has 2 N–H and O–H groups in total. The Morgan fingerprint density at radius 2 is 2.28 bits per heavy atom. The van der Waals surface area contributed by atoms with Crippen LogP contribution in [0.3, 0.4) is 0 Å². The number of ether oxygens (including phenoxy) is 1. The molecule has 2 aliphatic rings. The van der Waals surface area contributed by atoms with Gasteiger partial charge < -0.3 is 19.7 Å². The summed E-state index contributed by atoms with van der Waals surface area (Å²) in [6.07, 6.45) is 6.22. The number of hydrogen-bond donors (Lipinski definition) is 2. The fourth-order valence-corrected chi connectivity index (χ4v) is 4.42. The van der Waals surface area contributed by atoms with Gasteiger partial charge in [0.15, 0.2) is 0 Å². The van der Waals surface area contributed by atoms with Gasteiger partial charge in [-0.15, -0.1) is 0 Å². The molecule has 0 unspecified atom stereocenters. The molecular weight excluding hydrogens is 318 g/mol. The van der Waals surface area contributed by atoms with Crippen molar-refractivity contribution in [1.29, 1.82) is 0 Å². The molecule has 0 radical (unpaired) electrons. The molecule has 3 heterocycles. The van der Waals surface area contributed by atoms with E-state index in [2.05, 4.69) is 9.97 Å². The van der Waals surface area contributed by atoms with Gasteiger partial charge in [0.05, 0.1) is 18.6 Å². The van der Waals surface area contributed by atoms with Crippen LogP contribution in [0.4, 0.5) is 0 Å².